The van der Waals surface area contributed by atoms with Crippen molar-refractivity contribution in [2.75, 3.05) is 28.4 Å². The van der Waals surface area contributed by atoms with Crippen LogP contribution in [0.4, 0.5) is 0 Å². The molecule has 2 aromatic carbocycles. The molecule has 32 heavy (non-hydrogen) atoms. The Morgan fingerprint density at radius 1 is 0.438 bits per heavy atom. The number of benzene rings is 2. The van der Waals surface area contributed by atoms with Crippen molar-refractivity contribution < 1.29 is 18.9 Å². The minimum Gasteiger partial charge on any atom is -0.494 e. The molecule has 0 saturated carbocycles. The van der Waals surface area contributed by atoms with E-state index in [0.29, 0.717) is 0 Å². The molecule has 0 unspecified atom stereocenters. The molecule has 12 heteroatoms. The third kappa shape index (κ3) is 4.81. The van der Waals surface area contributed by atoms with Crippen LogP contribution in [-0.4, -0.2) is 28.4 Å². The highest BCUT2D eigenvalue weighted by molar-refractivity contribution is 6.44. The molecule has 0 fully saturated rings. The first kappa shape index (κ1) is 26.8. The van der Waals surface area contributed by atoms with Crippen molar-refractivity contribution in [3.05, 3.63) is 42.3 Å². The van der Waals surface area contributed by atoms with Crippen molar-refractivity contribution in [3.63, 3.8) is 0 Å². The molecule has 2 aromatic rings. The van der Waals surface area contributed by atoms with Crippen LogP contribution in [0.25, 0.3) is 0 Å². The minimum atomic E-state index is 0.0104. The molecule has 0 atom stereocenters. The van der Waals surface area contributed by atoms with E-state index in [4.69, 9.17) is 86.4 Å². The number of hydrogen-bond donors (Lipinski definition) is 0. The minimum absolute atomic E-state index is 0.0104. The maximum atomic E-state index is 8.96. The Bertz CT molecular complexity index is 1030. The van der Waals surface area contributed by atoms with Gasteiger partial charge in [0.25, 0.3) is 0 Å². The van der Waals surface area contributed by atoms with Crippen molar-refractivity contribution in [1.29, 1.82) is 21.0 Å². The van der Waals surface area contributed by atoms with Crippen molar-refractivity contribution in [1.82, 2.24) is 0 Å². The van der Waals surface area contributed by atoms with Crippen LogP contribution in [0.2, 0.25) is 20.1 Å². The van der Waals surface area contributed by atoms with E-state index in [0.717, 1.165) is 0 Å². The van der Waals surface area contributed by atoms with Gasteiger partial charge in [-0.05, 0) is 0 Å². The van der Waals surface area contributed by atoms with Gasteiger partial charge in [0.2, 0.25) is 0 Å². The van der Waals surface area contributed by atoms with Gasteiger partial charge >= 0.3 is 0 Å². The number of nitrogens with zero attached hydrogens (tertiary/aromatic N) is 4. The smallest absolute Gasteiger partial charge is 0.158 e. The Labute approximate surface area is 204 Å². The van der Waals surface area contributed by atoms with Gasteiger partial charge < -0.3 is 18.9 Å². The highest BCUT2D eigenvalue weighted by Gasteiger charge is 2.24. The largest absolute Gasteiger partial charge is 0.494 e. The molecule has 8 nitrogen and oxygen atoms in total. The van der Waals surface area contributed by atoms with E-state index in [1.807, 2.05) is 24.3 Å². The van der Waals surface area contributed by atoms with E-state index in [1.165, 1.54) is 28.4 Å². The first-order valence-corrected chi connectivity index (χ1v) is 9.61. The topological polar surface area (TPSA) is 132 Å². The predicted molar refractivity (Wildman–Crippen MR) is 118 cm³/mol. The summed E-state index contributed by atoms with van der Waals surface area (Å²) in [7, 11) is 5.36. The molecule has 0 aliphatic heterocycles. The number of ether oxygens (including phenoxy) is 4. The van der Waals surface area contributed by atoms with Crippen molar-refractivity contribution >= 4 is 46.4 Å². The average molecular weight is 514 g/mol. The number of halogens is 4. The van der Waals surface area contributed by atoms with E-state index in [2.05, 4.69) is 0 Å². The van der Waals surface area contributed by atoms with E-state index < -0.39 is 0 Å². The Kier molecular flexibility index (Phi) is 10.0. The van der Waals surface area contributed by atoms with Crippen molar-refractivity contribution in [3.8, 4) is 47.3 Å². The zero-order valence-electron chi connectivity index (χ0n) is 16.9. The van der Waals surface area contributed by atoms with Crippen molar-refractivity contribution in [2.24, 2.45) is 0 Å². The second-order valence-electron chi connectivity index (χ2n) is 5.34. The summed E-state index contributed by atoms with van der Waals surface area (Å²) in [5.41, 5.74) is 0.0417. The Balaban J connectivity index is 0.000000320. The molecule has 0 aromatic heterocycles. The summed E-state index contributed by atoms with van der Waals surface area (Å²) >= 11 is 23.6. The molecule has 0 saturated heterocycles. The molecule has 0 amide bonds. The first-order chi connectivity index (χ1) is 15.2. The molecular formula is C20H12Cl4N4O4. The van der Waals surface area contributed by atoms with Crippen LogP contribution in [-0.2, 0) is 0 Å². The van der Waals surface area contributed by atoms with E-state index in [-0.39, 0.29) is 65.3 Å². The van der Waals surface area contributed by atoms with Gasteiger partial charge in [-0.15, -0.1) is 0 Å². The van der Waals surface area contributed by atoms with Gasteiger partial charge in [-0.25, -0.2) is 0 Å². The number of hydrogen-bond acceptors (Lipinski definition) is 8. The van der Waals surface area contributed by atoms with Crippen LogP contribution in [0.3, 0.4) is 0 Å². The zero-order valence-corrected chi connectivity index (χ0v) is 20.0. The van der Waals surface area contributed by atoms with Gasteiger partial charge in [-0.2, -0.15) is 21.0 Å². The summed E-state index contributed by atoms with van der Waals surface area (Å²) in [6.45, 7) is 0. The quantitative estimate of drug-likeness (QED) is 0.522. The van der Waals surface area contributed by atoms with Crippen LogP contribution in [0, 0.1) is 45.3 Å². The van der Waals surface area contributed by atoms with Gasteiger partial charge in [0.15, 0.2) is 23.0 Å². The number of nitriles is 4. The molecule has 0 radical (unpaired) electrons. The zero-order chi connectivity index (χ0) is 24.6. The fraction of sp³-hybridized carbons (Fsp3) is 0.200. The third-order valence-electron chi connectivity index (χ3n) is 3.85. The summed E-state index contributed by atoms with van der Waals surface area (Å²) < 4.78 is 19.8. The highest BCUT2D eigenvalue weighted by Crippen LogP contribution is 2.45. The van der Waals surface area contributed by atoms with Crippen LogP contribution < -0.4 is 18.9 Å². The normalized spacial score (nSPS) is 9.12. The highest BCUT2D eigenvalue weighted by atomic mass is 35.5. The molecule has 0 bridgehead atoms. The molecule has 0 N–H and O–H groups in total. The number of rotatable bonds is 4. The molecule has 164 valence electrons. The lowest BCUT2D eigenvalue weighted by atomic mass is 10.1. The lowest BCUT2D eigenvalue weighted by Gasteiger charge is -2.12. The fourth-order valence-electron chi connectivity index (χ4n) is 2.49. The van der Waals surface area contributed by atoms with Crippen LogP contribution in [0.1, 0.15) is 22.3 Å². The standard InChI is InChI=1S/2C10H6Cl2N2O2/c2*1-15-9-5(3-13)6(4-14)10(16-2)8(12)7(9)11/h2*1-2H3. The van der Waals surface area contributed by atoms with E-state index >= 15 is 0 Å². The fourth-order valence-corrected chi connectivity index (χ4v) is 3.52. The SMILES string of the molecule is COc1c(Cl)c(Cl)c(OC)c(C#N)c1C#N.COc1c(Cl)c(Cl)c(OC)c(C#N)c1C#N. The summed E-state index contributed by atoms with van der Waals surface area (Å²) in [6.07, 6.45) is 0. The van der Waals surface area contributed by atoms with E-state index in [9.17, 15) is 0 Å². The maximum Gasteiger partial charge on any atom is 0.158 e. The predicted octanol–water partition coefficient (Wildman–Crippen LogP) is 5.51. The van der Waals surface area contributed by atoms with Crippen LogP contribution in [0.15, 0.2) is 0 Å². The van der Waals surface area contributed by atoms with Gasteiger partial charge in [0.05, 0.1) is 28.4 Å². The van der Waals surface area contributed by atoms with Crippen molar-refractivity contribution in [2.45, 2.75) is 0 Å². The molecule has 0 spiro atoms. The molecule has 0 heterocycles. The molecule has 0 aliphatic rings. The molecular weight excluding hydrogens is 502 g/mol. The Morgan fingerprint density at radius 3 is 0.688 bits per heavy atom. The van der Waals surface area contributed by atoms with Crippen LogP contribution >= 0.6 is 46.4 Å². The Morgan fingerprint density at radius 2 is 0.594 bits per heavy atom. The second kappa shape index (κ2) is 12.0. The lowest BCUT2D eigenvalue weighted by molar-refractivity contribution is 0.401. The van der Waals surface area contributed by atoms with Gasteiger partial charge in [0, 0.05) is 0 Å². The first-order valence-electron chi connectivity index (χ1n) is 8.10. The summed E-state index contributed by atoms with van der Waals surface area (Å²) in [5.74, 6) is 0.302. The molecule has 0 aliphatic carbocycles. The van der Waals surface area contributed by atoms with Gasteiger partial charge in [-0.1, -0.05) is 46.4 Å². The van der Waals surface area contributed by atoms with Crippen LogP contribution in [0.5, 0.6) is 23.0 Å². The van der Waals surface area contributed by atoms with Gasteiger partial charge in [-0.3, -0.25) is 0 Å². The third-order valence-corrected chi connectivity index (χ3v) is 5.49. The monoisotopic (exact) mass is 512 g/mol. The summed E-state index contributed by atoms with van der Waals surface area (Å²) in [4.78, 5) is 0. The second-order valence-corrected chi connectivity index (χ2v) is 6.85. The van der Waals surface area contributed by atoms with Gasteiger partial charge in [0.1, 0.15) is 66.6 Å². The summed E-state index contributed by atoms with van der Waals surface area (Å²) in [6, 6.07) is 7.35. The Hall–Kier alpha value is -3.24. The van der Waals surface area contributed by atoms with E-state index in [1.54, 1.807) is 0 Å². The summed E-state index contributed by atoms with van der Waals surface area (Å²) in [5, 5.41) is 36.0. The number of methoxy groups -OCH3 is 4. The molecule has 2 rings (SSSR count). The average Bonchev–Trinajstić information content (AvgIpc) is 2.81. The maximum absolute atomic E-state index is 8.96. The lowest BCUT2D eigenvalue weighted by Crippen LogP contribution is -1.98.